The third kappa shape index (κ3) is 2.18. The fraction of sp³-hybridized carbons (Fsp3) is 0.556. The molecule has 3 nitrogen and oxygen atoms in total. The van der Waals surface area contributed by atoms with Gasteiger partial charge in [0.1, 0.15) is 0 Å². The van der Waals surface area contributed by atoms with Crippen LogP contribution in [0.25, 0.3) is 0 Å². The van der Waals surface area contributed by atoms with E-state index in [2.05, 4.69) is 30.8 Å². The summed E-state index contributed by atoms with van der Waals surface area (Å²) in [6, 6.07) is 2.53. The van der Waals surface area contributed by atoms with Gasteiger partial charge in [0.05, 0.1) is 0 Å². The minimum absolute atomic E-state index is 0.681. The van der Waals surface area contributed by atoms with Gasteiger partial charge in [0.25, 0.3) is 0 Å². The number of aromatic nitrogens is 2. The average molecular weight is 242 g/mol. The summed E-state index contributed by atoms with van der Waals surface area (Å²) in [7, 11) is 0. The predicted molar refractivity (Wildman–Crippen MR) is 56.2 cm³/mol. The van der Waals surface area contributed by atoms with Crippen LogP contribution >= 0.6 is 15.9 Å². The van der Waals surface area contributed by atoms with Crippen LogP contribution in [0, 0.1) is 0 Å². The first-order valence-corrected chi connectivity index (χ1v) is 5.63. The molecule has 1 fully saturated rings. The van der Waals surface area contributed by atoms with Crippen molar-refractivity contribution in [3.05, 3.63) is 18.5 Å². The first-order chi connectivity index (χ1) is 6.42. The summed E-state index contributed by atoms with van der Waals surface area (Å²) < 4.78 is 0. The van der Waals surface area contributed by atoms with Crippen LogP contribution < -0.4 is 4.90 Å². The molecule has 4 heteroatoms. The van der Waals surface area contributed by atoms with Crippen molar-refractivity contribution in [3.63, 3.8) is 0 Å². The van der Waals surface area contributed by atoms with Gasteiger partial charge in [-0.2, -0.15) is 0 Å². The molecule has 1 saturated carbocycles. The van der Waals surface area contributed by atoms with Gasteiger partial charge in [-0.1, -0.05) is 15.9 Å². The molecule has 70 valence electrons. The molecule has 0 saturated heterocycles. The Bertz CT molecular complexity index is 261. The topological polar surface area (TPSA) is 29.0 Å². The number of anilines is 1. The van der Waals surface area contributed by atoms with Gasteiger partial charge < -0.3 is 4.90 Å². The van der Waals surface area contributed by atoms with Crippen LogP contribution in [0.1, 0.15) is 12.8 Å². The van der Waals surface area contributed by atoms with Crippen LogP contribution in [0.15, 0.2) is 18.5 Å². The molecule has 0 unspecified atom stereocenters. The van der Waals surface area contributed by atoms with Crippen molar-refractivity contribution < 1.29 is 0 Å². The average Bonchev–Trinajstić information content (AvgIpc) is 2.99. The van der Waals surface area contributed by atoms with Gasteiger partial charge in [-0.15, -0.1) is 0 Å². The maximum Gasteiger partial charge on any atom is 0.225 e. The molecule has 1 aromatic heterocycles. The van der Waals surface area contributed by atoms with Crippen molar-refractivity contribution in [3.8, 4) is 0 Å². The standard InChI is InChI=1S/C9H12BrN3/c10-4-7-13(8-2-3-8)9-11-5-1-6-12-9/h1,5-6,8H,2-4,7H2. The molecule has 0 aromatic carbocycles. The lowest BCUT2D eigenvalue weighted by molar-refractivity contribution is 0.793. The van der Waals surface area contributed by atoms with E-state index >= 15 is 0 Å². The van der Waals surface area contributed by atoms with Crippen molar-refractivity contribution >= 4 is 21.9 Å². The Morgan fingerprint density at radius 3 is 2.62 bits per heavy atom. The van der Waals surface area contributed by atoms with E-state index in [1.54, 1.807) is 12.4 Å². The van der Waals surface area contributed by atoms with Crippen molar-refractivity contribution in [2.45, 2.75) is 18.9 Å². The Labute approximate surface area is 86.3 Å². The fourth-order valence-corrected chi connectivity index (χ4v) is 1.74. The maximum atomic E-state index is 4.25. The fourth-order valence-electron chi connectivity index (χ4n) is 1.36. The molecule has 1 aliphatic carbocycles. The van der Waals surface area contributed by atoms with Gasteiger partial charge in [-0.3, -0.25) is 0 Å². The minimum Gasteiger partial charge on any atom is -0.337 e. The quantitative estimate of drug-likeness (QED) is 0.754. The van der Waals surface area contributed by atoms with Crippen LogP contribution in [-0.2, 0) is 0 Å². The largest absolute Gasteiger partial charge is 0.337 e. The molecule has 13 heavy (non-hydrogen) atoms. The van der Waals surface area contributed by atoms with E-state index in [-0.39, 0.29) is 0 Å². The molecule has 1 aromatic rings. The summed E-state index contributed by atoms with van der Waals surface area (Å²) in [5.41, 5.74) is 0. The highest BCUT2D eigenvalue weighted by Crippen LogP contribution is 2.29. The van der Waals surface area contributed by atoms with Crippen molar-refractivity contribution in [2.24, 2.45) is 0 Å². The maximum absolute atomic E-state index is 4.25. The summed E-state index contributed by atoms with van der Waals surface area (Å²) in [4.78, 5) is 10.8. The third-order valence-corrected chi connectivity index (χ3v) is 2.48. The van der Waals surface area contributed by atoms with E-state index in [0.29, 0.717) is 6.04 Å². The molecule has 0 aliphatic heterocycles. The van der Waals surface area contributed by atoms with E-state index in [9.17, 15) is 0 Å². The van der Waals surface area contributed by atoms with Crippen LogP contribution in [0.2, 0.25) is 0 Å². The summed E-state index contributed by atoms with van der Waals surface area (Å²) in [6.07, 6.45) is 6.16. The first-order valence-electron chi connectivity index (χ1n) is 4.51. The Balaban J connectivity index is 2.10. The van der Waals surface area contributed by atoms with Gasteiger partial charge in [0.2, 0.25) is 5.95 Å². The lowest BCUT2D eigenvalue weighted by Gasteiger charge is -2.20. The summed E-state index contributed by atoms with van der Waals surface area (Å²) in [5, 5.41) is 0.974. The van der Waals surface area contributed by atoms with E-state index in [1.807, 2.05) is 6.07 Å². The number of rotatable bonds is 4. The Morgan fingerprint density at radius 2 is 2.08 bits per heavy atom. The lowest BCUT2D eigenvalue weighted by Crippen LogP contribution is -2.29. The van der Waals surface area contributed by atoms with Crippen LogP contribution in [0.4, 0.5) is 5.95 Å². The number of alkyl halides is 1. The highest BCUT2D eigenvalue weighted by atomic mass is 79.9. The number of nitrogens with zero attached hydrogens (tertiary/aromatic N) is 3. The van der Waals surface area contributed by atoms with Crippen LogP contribution in [0.5, 0.6) is 0 Å². The van der Waals surface area contributed by atoms with E-state index in [0.717, 1.165) is 17.8 Å². The second-order valence-electron chi connectivity index (χ2n) is 3.16. The Morgan fingerprint density at radius 1 is 1.38 bits per heavy atom. The first kappa shape index (κ1) is 8.94. The molecule has 0 atom stereocenters. The highest BCUT2D eigenvalue weighted by Gasteiger charge is 2.29. The molecule has 1 aliphatic rings. The molecule has 1 heterocycles. The summed E-state index contributed by atoms with van der Waals surface area (Å²) in [6.45, 7) is 0.995. The van der Waals surface area contributed by atoms with Crippen molar-refractivity contribution in [1.29, 1.82) is 0 Å². The zero-order chi connectivity index (χ0) is 9.10. The molecule has 0 radical (unpaired) electrons. The summed E-state index contributed by atoms with van der Waals surface area (Å²) >= 11 is 3.45. The van der Waals surface area contributed by atoms with Gasteiger partial charge in [0.15, 0.2) is 0 Å². The minimum atomic E-state index is 0.681. The van der Waals surface area contributed by atoms with Gasteiger partial charge in [-0.25, -0.2) is 9.97 Å². The molecule has 0 amide bonds. The molecule has 0 N–H and O–H groups in total. The van der Waals surface area contributed by atoms with Crippen LogP contribution in [-0.4, -0.2) is 27.9 Å². The van der Waals surface area contributed by atoms with E-state index in [1.165, 1.54) is 12.8 Å². The van der Waals surface area contributed by atoms with Gasteiger partial charge in [0, 0.05) is 30.3 Å². The number of hydrogen-bond donors (Lipinski definition) is 0. The normalized spacial score (nSPS) is 15.8. The predicted octanol–water partition coefficient (Wildman–Crippen LogP) is 1.84. The van der Waals surface area contributed by atoms with Crippen LogP contribution in [0.3, 0.4) is 0 Å². The number of halogens is 1. The number of hydrogen-bond acceptors (Lipinski definition) is 3. The Hall–Kier alpha value is -0.640. The highest BCUT2D eigenvalue weighted by molar-refractivity contribution is 9.09. The van der Waals surface area contributed by atoms with Gasteiger partial charge >= 0.3 is 0 Å². The second-order valence-corrected chi connectivity index (χ2v) is 3.96. The Kier molecular flexibility index (Phi) is 2.78. The van der Waals surface area contributed by atoms with Gasteiger partial charge in [-0.05, 0) is 18.9 Å². The SMILES string of the molecule is BrCCN(c1ncccn1)C1CC1. The molecular weight excluding hydrogens is 230 g/mol. The van der Waals surface area contributed by atoms with Crippen molar-refractivity contribution in [2.75, 3.05) is 16.8 Å². The summed E-state index contributed by atoms with van der Waals surface area (Å²) in [5.74, 6) is 0.865. The molecule has 0 spiro atoms. The third-order valence-electron chi connectivity index (χ3n) is 2.12. The molecular formula is C9H12BrN3. The molecule has 0 bridgehead atoms. The van der Waals surface area contributed by atoms with Crippen molar-refractivity contribution in [1.82, 2.24) is 9.97 Å². The molecule has 2 rings (SSSR count). The van der Waals surface area contributed by atoms with E-state index in [4.69, 9.17) is 0 Å². The van der Waals surface area contributed by atoms with E-state index < -0.39 is 0 Å². The second kappa shape index (κ2) is 4.05. The smallest absolute Gasteiger partial charge is 0.225 e. The zero-order valence-corrected chi connectivity index (χ0v) is 8.94. The zero-order valence-electron chi connectivity index (χ0n) is 7.36. The lowest BCUT2D eigenvalue weighted by atomic mass is 10.5. The monoisotopic (exact) mass is 241 g/mol.